The van der Waals surface area contributed by atoms with Gasteiger partial charge >= 0.3 is 0 Å². The zero-order valence-electron chi connectivity index (χ0n) is 61.7. The van der Waals surface area contributed by atoms with Gasteiger partial charge in [-0.25, -0.2) is 0 Å². The molecule has 0 aromatic heterocycles. The Bertz CT molecular complexity index is 2560. The lowest BCUT2D eigenvalue weighted by molar-refractivity contribution is -0.157. The lowest BCUT2D eigenvalue weighted by atomic mass is 9.91. The molecule has 2 heterocycles. The van der Waals surface area contributed by atoms with E-state index in [1.807, 2.05) is 54.5 Å². The van der Waals surface area contributed by atoms with Crippen molar-refractivity contribution in [2.75, 3.05) is 75.8 Å². The molecule has 0 unspecified atom stereocenters. The summed E-state index contributed by atoms with van der Waals surface area (Å²) in [6, 6.07) is -13.8. The lowest BCUT2D eigenvalue weighted by Gasteiger charge is -2.41. The van der Waals surface area contributed by atoms with Gasteiger partial charge in [0.05, 0.1) is 12.8 Å². The molecule has 2 saturated heterocycles. The number of likely N-dealkylation sites (N-methyl/N-ethyl adjacent to an activating group) is 7. The van der Waals surface area contributed by atoms with Gasteiger partial charge in [-0.1, -0.05) is 102 Å². The number of nitrogens with zero attached hydrogens (tertiary/aromatic N) is 8. The summed E-state index contributed by atoms with van der Waals surface area (Å²) in [4.78, 5) is 174. The van der Waals surface area contributed by atoms with E-state index in [4.69, 9.17) is 4.74 Å². The largest absolute Gasteiger partial charge is 0.390 e. The highest BCUT2D eigenvalue weighted by Crippen LogP contribution is 2.27. The second-order valence-electron chi connectivity index (χ2n) is 28.7. The third-order valence-corrected chi connectivity index (χ3v) is 18.8. The number of nitrogens with one attached hydrogen (secondary N) is 4. The first-order chi connectivity index (χ1) is 43.7. The average Bonchev–Trinajstić information content (AvgIpc) is 0.816. The molecular formula is C69H124N12O13. The molecule has 14 atom stereocenters. The van der Waals surface area contributed by atoms with Crippen LogP contribution in [-0.2, 0) is 57.5 Å². The average molecular weight is 1330 g/mol. The Kier molecular flexibility index (Phi) is 34.9. The van der Waals surface area contributed by atoms with Gasteiger partial charge < -0.3 is 65.4 Å². The Labute approximate surface area is 563 Å². The second-order valence-corrected chi connectivity index (χ2v) is 28.7. The third-order valence-electron chi connectivity index (χ3n) is 18.8. The monoisotopic (exact) mass is 1330 g/mol. The molecule has 2 aliphatic heterocycles. The van der Waals surface area contributed by atoms with Gasteiger partial charge in [-0.3, -0.25) is 57.6 Å². The van der Waals surface area contributed by atoms with E-state index < -0.39 is 161 Å². The summed E-state index contributed by atoms with van der Waals surface area (Å²) in [6.45, 7) is 32.5. The van der Waals surface area contributed by atoms with Crippen LogP contribution in [0.5, 0.6) is 0 Å². The molecule has 2 rings (SSSR count). The van der Waals surface area contributed by atoms with Gasteiger partial charge in [0.1, 0.15) is 66.5 Å². The molecule has 0 aromatic carbocycles. The first-order valence-electron chi connectivity index (χ1n) is 34.4. The van der Waals surface area contributed by atoms with Crippen LogP contribution in [0.3, 0.4) is 0 Å². The van der Waals surface area contributed by atoms with Crippen molar-refractivity contribution in [2.24, 2.45) is 41.4 Å². The third kappa shape index (κ3) is 23.3. The fourth-order valence-electron chi connectivity index (χ4n) is 12.5. The highest BCUT2D eigenvalue weighted by molar-refractivity contribution is 6.00. The van der Waals surface area contributed by atoms with Crippen molar-refractivity contribution in [3.8, 4) is 0 Å². The summed E-state index contributed by atoms with van der Waals surface area (Å²) >= 11 is 0. The van der Waals surface area contributed by atoms with Gasteiger partial charge in [0, 0.05) is 69.0 Å². The molecule has 0 saturated carbocycles. The SMILES string of the molecule is C/C=C/C[C@@H](C)[C@@H](O)[C@H]1C(=O)N[C@@H](CC)C(=O)N(C)[C@H](C)C(=O)N(C)[C@@H]([C@H](C)CCCN2CCCOC2)C(=O)N[C@@H](C(C)C)C(=O)N(C)[C@@H](CCC(C)C)C(=O)N[C@@H](C)C(=O)N[C@H](C)C(=O)N(C)[C@@H](CC(C)C)C(=O)N(C)[C@@H](CC(C)C)C(=O)N(C)[C@@H](C(C)C)C(=O)N1C. The number of rotatable bonds is 19. The Balaban J connectivity index is 3.04. The van der Waals surface area contributed by atoms with E-state index in [1.165, 1.54) is 99.5 Å². The summed E-state index contributed by atoms with van der Waals surface area (Å²) in [6.07, 6.45) is 5.32. The van der Waals surface area contributed by atoms with E-state index in [0.29, 0.717) is 45.6 Å². The van der Waals surface area contributed by atoms with Crippen LogP contribution in [0.15, 0.2) is 12.2 Å². The standard InChI is InChI=1S/C69H124N12O13/c1-25-27-30-46(14)58(82)57-62(86)72-50(26-2)65(89)74(18)49(17)64(88)79(23)56(45(13)31-28-34-81-35-29-36-94-39-81)61(85)73-54(43(9)10)68(92)75(19)51(33-32-40(3)4)60(84)70-47(15)59(83)71-48(16)63(87)76(20)52(37-41(5)6)66(90)77(21)53(38-42(7)8)67(91)78(22)55(44(11)12)69(93)80(57)24/h25,27,40-58,82H,26,28-39H2,1-24H3,(H,70,84)(H,71,83)(H,72,86)(H,73,85)/b27-25+/t45-,46-,47+,48-,49-,50+,51+,52+,53+,54+,55+,56+,57+,58-/m1/s1. The van der Waals surface area contributed by atoms with Crippen LogP contribution < -0.4 is 21.3 Å². The molecule has 5 N–H and O–H groups in total. The number of amides is 11. The highest BCUT2D eigenvalue weighted by atomic mass is 16.5. The van der Waals surface area contributed by atoms with Crippen molar-refractivity contribution in [2.45, 2.75) is 248 Å². The second kappa shape index (κ2) is 39.1. The van der Waals surface area contributed by atoms with Gasteiger partial charge in [-0.05, 0) is 127 Å². The number of hydrogen-bond acceptors (Lipinski definition) is 14. The number of ether oxygens (including phenoxy) is 1. The minimum atomic E-state index is -1.63. The van der Waals surface area contributed by atoms with Crippen molar-refractivity contribution >= 4 is 65.0 Å². The highest BCUT2D eigenvalue weighted by Gasteiger charge is 2.46. The van der Waals surface area contributed by atoms with E-state index >= 15 is 24.0 Å². The van der Waals surface area contributed by atoms with Crippen LogP contribution in [-0.4, -0.2) is 258 Å². The smallest absolute Gasteiger partial charge is 0.246 e. The minimum Gasteiger partial charge on any atom is -0.390 e. The van der Waals surface area contributed by atoms with Crippen LogP contribution >= 0.6 is 0 Å². The fourth-order valence-corrected chi connectivity index (χ4v) is 12.5. The summed E-state index contributed by atoms with van der Waals surface area (Å²) in [7, 11) is 10.1. The Morgan fingerprint density at radius 1 is 0.521 bits per heavy atom. The Morgan fingerprint density at radius 3 is 1.53 bits per heavy atom. The van der Waals surface area contributed by atoms with Crippen molar-refractivity contribution in [1.82, 2.24) is 60.5 Å². The van der Waals surface area contributed by atoms with Crippen LogP contribution in [0.2, 0.25) is 0 Å². The van der Waals surface area contributed by atoms with Crippen molar-refractivity contribution in [3.05, 3.63) is 12.2 Å². The lowest BCUT2D eigenvalue weighted by Crippen LogP contribution is -2.64. The number of carbonyl (C=O) groups is 11. The van der Waals surface area contributed by atoms with Crippen LogP contribution in [0.25, 0.3) is 0 Å². The molecule has 0 aliphatic carbocycles. The van der Waals surface area contributed by atoms with Crippen LogP contribution in [0, 0.1) is 41.4 Å². The molecule has 538 valence electrons. The van der Waals surface area contributed by atoms with Gasteiger partial charge in [0.15, 0.2) is 0 Å². The molecule has 2 aliphatic rings. The fraction of sp³-hybridized carbons (Fsp3) is 0.812. The van der Waals surface area contributed by atoms with E-state index in [1.54, 1.807) is 54.5 Å². The number of carbonyl (C=O) groups excluding carboxylic acids is 11. The molecule has 94 heavy (non-hydrogen) atoms. The van der Waals surface area contributed by atoms with Crippen molar-refractivity contribution in [3.63, 3.8) is 0 Å². The molecule has 25 nitrogen and oxygen atoms in total. The first-order valence-corrected chi connectivity index (χ1v) is 34.4. The predicted molar refractivity (Wildman–Crippen MR) is 364 cm³/mol. The summed E-state index contributed by atoms with van der Waals surface area (Å²) < 4.78 is 5.68. The summed E-state index contributed by atoms with van der Waals surface area (Å²) in [5, 5.41) is 23.5. The van der Waals surface area contributed by atoms with Crippen LogP contribution in [0.1, 0.15) is 175 Å². The number of aliphatic hydroxyl groups is 1. The molecular weight excluding hydrogens is 1200 g/mol. The number of aliphatic hydroxyl groups excluding tert-OH is 1. The molecule has 0 spiro atoms. The maximum Gasteiger partial charge on any atom is 0.246 e. The summed E-state index contributed by atoms with van der Waals surface area (Å²) in [5.41, 5.74) is 0. The molecule has 25 heteroatoms. The van der Waals surface area contributed by atoms with Gasteiger partial charge in [0.2, 0.25) is 65.0 Å². The van der Waals surface area contributed by atoms with Crippen molar-refractivity contribution < 1.29 is 62.6 Å². The quantitative estimate of drug-likeness (QED) is 0.114. The topological polar surface area (TPSA) is 291 Å². The molecule has 0 bridgehead atoms. The minimum absolute atomic E-state index is 0.00776. The zero-order chi connectivity index (χ0) is 72.1. The number of hydrogen-bond donors (Lipinski definition) is 5. The van der Waals surface area contributed by atoms with E-state index in [2.05, 4.69) is 26.2 Å². The maximum absolute atomic E-state index is 15.3. The number of allylic oxidation sites excluding steroid dienone is 2. The normalized spacial score (nSPS) is 27.7. The molecule has 2 fully saturated rings. The Morgan fingerprint density at radius 2 is 1.03 bits per heavy atom. The van der Waals surface area contributed by atoms with Gasteiger partial charge in [-0.2, -0.15) is 0 Å². The molecule has 0 aromatic rings. The molecule has 11 amide bonds. The summed E-state index contributed by atoms with van der Waals surface area (Å²) in [5.74, 6) is -9.92. The Hall–Kier alpha value is -6.21. The van der Waals surface area contributed by atoms with Gasteiger partial charge in [-0.15, -0.1) is 0 Å². The van der Waals surface area contributed by atoms with Crippen LogP contribution in [0.4, 0.5) is 0 Å². The van der Waals surface area contributed by atoms with E-state index in [9.17, 15) is 33.9 Å². The molecule has 0 radical (unpaired) electrons. The van der Waals surface area contributed by atoms with Gasteiger partial charge in [0.25, 0.3) is 0 Å². The van der Waals surface area contributed by atoms with Crippen molar-refractivity contribution in [1.29, 1.82) is 0 Å². The van der Waals surface area contributed by atoms with E-state index in [-0.39, 0.29) is 43.4 Å². The first kappa shape index (κ1) is 83.9. The van der Waals surface area contributed by atoms with E-state index in [0.717, 1.165) is 17.9 Å². The maximum atomic E-state index is 15.3. The predicted octanol–water partition coefficient (Wildman–Crippen LogP) is 4.10. The zero-order valence-corrected chi connectivity index (χ0v) is 61.7.